The van der Waals surface area contributed by atoms with E-state index < -0.39 is 0 Å². The van der Waals surface area contributed by atoms with E-state index in [1.54, 1.807) is 0 Å². The van der Waals surface area contributed by atoms with E-state index in [-0.39, 0.29) is 24.0 Å². The zero-order valence-electron chi connectivity index (χ0n) is 11.7. The molecule has 0 aromatic heterocycles. The van der Waals surface area contributed by atoms with Gasteiger partial charge in [0.15, 0.2) is 5.96 Å². The standard InChI is InChI=1S/C14H27N3.HI/c1-11(2)6-9-16-13(15)17-10-14(7-3-8-14)12-4-5-12;/h11-12H,3-10H2,1-2H3,(H3,15,16,17);1H. The Hall–Kier alpha value is 0. The average molecular weight is 365 g/mol. The fraction of sp³-hybridized carbons (Fsp3) is 0.929. The molecule has 2 fully saturated rings. The first-order chi connectivity index (χ1) is 8.12. The summed E-state index contributed by atoms with van der Waals surface area (Å²) in [7, 11) is 0. The second kappa shape index (κ2) is 6.96. The van der Waals surface area contributed by atoms with Crippen molar-refractivity contribution in [2.45, 2.75) is 52.4 Å². The molecule has 3 N–H and O–H groups in total. The van der Waals surface area contributed by atoms with Gasteiger partial charge in [0, 0.05) is 13.1 Å². The monoisotopic (exact) mass is 365 g/mol. The second-order valence-corrected chi connectivity index (χ2v) is 6.30. The van der Waals surface area contributed by atoms with E-state index in [2.05, 4.69) is 24.2 Å². The van der Waals surface area contributed by atoms with Gasteiger partial charge in [0.1, 0.15) is 0 Å². The maximum absolute atomic E-state index is 5.91. The fourth-order valence-corrected chi connectivity index (χ4v) is 2.81. The summed E-state index contributed by atoms with van der Waals surface area (Å²) in [6.45, 7) is 6.36. The van der Waals surface area contributed by atoms with Gasteiger partial charge >= 0.3 is 0 Å². The fourth-order valence-electron chi connectivity index (χ4n) is 2.81. The van der Waals surface area contributed by atoms with Gasteiger partial charge in [0.05, 0.1) is 0 Å². The van der Waals surface area contributed by atoms with Crippen LogP contribution in [0.1, 0.15) is 52.4 Å². The van der Waals surface area contributed by atoms with E-state index in [1.807, 2.05) is 0 Å². The van der Waals surface area contributed by atoms with Crippen LogP contribution in [0.3, 0.4) is 0 Å². The van der Waals surface area contributed by atoms with Crippen LogP contribution in [0.15, 0.2) is 4.99 Å². The highest BCUT2D eigenvalue weighted by atomic mass is 127. The molecule has 0 saturated heterocycles. The van der Waals surface area contributed by atoms with Crippen LogP contribution in [0.25, 0.3) is 0 Å². The van der Waals surface area contributed by atoms with Gasteiger partial charge < -0.3 is 11.1 Å². The van der Waals surface area contributed by atoms with Crippen molar-refractivity contribution in [3.05, 3.63) is 0 Å². The first-order valence-corrected chi connectivity index (χ1v) is 7.16. The summed E-state index contributed by atoms with van der Waals surface area (Å²) in [6, 6.07) is 0. The highest BCUT2D eigenvalue weighted by Crippen LogP contribution is 2.57. The van der Waals surface area contributed by atoms with Crippen molar-refractivity contribution in [2.24, 2.45) is 28.0 Å². The molecule has 0 unspecified atom stereocenters. The van der Waals surface area contributed by atoms with Crippen molar-refractivity contribution >= 4 is 29.9 Å². The van der Waals surface area contributed by atoms with E-state index in [1.165, 1.54) is 32.1 Å². The molecule has 0 atom stereocenters. The highest BCUT2D eigenvalue weighted by Gasteiger charge is 2.48. The molecule has 0 aromatic carbocycles. The minimum absolute atomic E-state index is 0. The number of nitrogens with two attached hydrogens (primary N) is 1. The maximum Gasteiger partial charge on any atom is 0.188 e. The SMILES string of the molecule is CC(C)CCNC(N)=NCC1(C2CC2)CCC1.I. The van der Waals surface area contributed by atoms with E-state index in [0.29, 0.717) is 11.4 Å². The molecule has 0 aromatic rings. The topological polar surface area (TPSA) is 50.4 Å². The van der Waals surface area contributed by atoms with Crippen LogP contribution in [0.5, 0.6) is 0 Å². The Morgan fingerprint density at radius 1 is 1.39 bits per heavy atom. The minimum Gasteiger partial charge on any atom is -0.370 e. The molecule has 3 nitrogen and oxygen atoms in total. The zero-order valence-corrected chi connectivity index (χ0v) is 14.1. The Labute approximate surface area is 128 Å². The van der Waals surface area contributed by atoms with Crippen molar-refractivity contribution < 1.29 is 0 Å². The summed E-state index contributed by atoms with van der Waals surface area (Å²) in [4.78, 5) is 4.56. The number of nitrogens with zero attached hydrogens (tertiary/aromatic N) is 1. The van der Waals surface area contributed by atoms with Crippen LogP contribution in [-0.4, -0.2) is 19.0 Å². The van der Waals surface area contributed by atoms with Crippen LogP contribution < -0.4 is 11.1 Å². The predicted molar refractivity (Wildman–Crippen MR) is 88.4 cm³/mol. The molecular formula is C14H28IN3. The van der Waals surface area contributed by atoms with E-state index >= 15 is 0 Å². The van der Waals surface area contributed by atoms with Crippen LogP contribution in [0.2, 0.25) is 0 Å². The number of aliphatic imine (C=N–C) groups is 1. The van der Waals surface area contributed by atoms with E-state index in [4.69, 9.17) is 5.73 Å². The molecule has 0 heterocycles. The first kappa shape index (κ1) is 16.1. The minimum atomic E-state index is 0. The number of halogens is 1. The molecule has 0 radical (unpaired) electrons. The quantitative estimate of drug-likeness (QED) is 0.432. The Balaban J connectivity index is 0.00000162. The first-order valence-electron chi connectivity index (χ1n) is 7.16. The largest absolute Gasteiger partial charge is 0.370 e. The number of guanidine groups is 1. The molecule has 4 heteroatoms. The Morgan fingerprint density at radius 2 is 2.06 bits per heavy atom. The van der Waals surface area contributed by atoms with Gasteiger partial charge in [0.2, 0.25) is 0 Å². The number of hydrogen-bond donors (Lipinski definition) is 2. The van der Waals surface area contributed by atoms with Gasteiger partial charge in [0.25, 0.3) is 0 Å². The molecule has 2 saturated carbocycles. The summed E-state index contributed by atoms with van der Waals surface area (Å²) in [6.07, 6.45) is 8.16. The third-order valence-corrected chi connectivity index (χ3v) is 4.38. The lowest BCUT2D eigenvalue weighted by molar-refractivity contribution is 0.113. The smallest absolute Gasteiger partial charge is 0.188 e. The van der Waals surface area contributed by atoms with Gasteiger partial charge in [-0.25, -0.2) is 0 Å². The molecule has 2 aliphatic carbocycles. The summed E-state index contributed by atoms with van der Waals surface area (Å²) in [5.74, 6) is 2.33. The van der Waals surface area contributed by atoms with Crippen LogP contribution in [0.4, 0.5) is 0 Å². The van der Waals surface area contributed by atoms with Gasteiger partial charge in [-0.3, -0.25) is 4.99 Å². The Morgan fingerprint density at radius 3 is 2.50 bits per heavy atom. The molecule has 0 bridgehead atoms. The highest BCUT2D eigenvalue weighted by molar-refractivity contribution is 14.0. The van der Waals surface area contributed by atoms with Crippen molar-refractivity contribution in [2.75, 3.05) is 13.1 Å². The molecular weight excluding hydrogens is 337 g/mol. The second-order valence-electron chi connectivity index (χ2n) is 6.30. The summed E-state index contributed by atoms with van der Waals surface area (Å²) in [5, 5.41) is 3.22. The molecule has 0 aliphatic heterocycles. The lowest BCUT2D eigenvalue weighted by atomic mass is 9.65. The van der Waals surface area contributed by atoms with E-state index in [0.717, 1.165) is 31.3 Å². The Bertz CT molecular complexity index is 281. The maximum atomic E-state index is 5.91. The molecule has 2 aliphatic rings. The van der Waals surface area contributed by atoms with Gasteiger partial charge in [-0.1, -0.05) is 20.3 Å². The van der Waals surface area contributed by atoms with Crippen molar-refractivity contribution in [1.82, 2.24) is 5.32 Å². The molecule has 2 rings (SSSR count). The summed E-state index contributed by atoms with van der Waals surface area (Å²) >= 11 is 0. The van der Waals surface area contributed by atoms with Crippen molar-refractivity contribution in [1.29, 1.82) is 0 Å². The van der Waals surface area contributed by atoms with Crippen molar-refractivity contribution in [3.8, 4) is 0 Å². The van der Waals surface area contributed by atoms with E-state index in [9.17, 15) is 0 Å². The van der Waals surface area contributed by atoms with Crippen LogP contribution in [-0.2, 0) is 0 Å². The van der Waals surface area contributed by atoms with Crippen LogP contribution in [0, 0.1) is 17.3 Å². The molecule has 0 spiro atoms. The lowest BCUT2D eigenvalue weighted by Gasteiger charge is -2.41. The summed E-state index contributed by atoms with van der Waals surface area (Å²) < 4.78 is 0. The van der Waals surface area contributed by atoms with Crippen LogP contribution >= 0.6 is 24.0 Å². The van der Waals surface area contributed by atoms with Gasteiger partial charge in [-0.15, -0.1) is 24.0 Å². The predicted octanol–water partition coefficient (Wildman–Crippen LogP) is 3.14. The third kappa shape index (κ3) is 4.28. The number of hydrogen-bond acceptors (Lipinski definition) is 1. The number of nitrogens with one attached hydrogen (secondary N) is 1. The number of rotatable bonds is 6. The lowest BCUT2D eigenvalue weighted by Crippen LogP contribution is -2.38. The van der Waals surface area contributed by atoms with Crippen molar-refractivity contribution in [3.63, 3.8) is 0 Å². The zero-order chi connectivity index (χ0) is 12.3. The Kier molecular flexibility index (Phi) is 6.21. The summed E-state index contributed by atoms with van der Waals surface area (Å²) in [5.41, 5.74) is 6.45. The molecule has 0 amide bonds. The van der Waals surface area contributed by atoms with Gasteiger partial charge in [-0.2, -0.15) is 0 Å². The average Bonchev–Trinajstić information content (AvgIpc) is 2.99. The molecule has 106 valence electrons. The normalized spacial score (nSPS) is 22.3. The van der Waals surface area contributed by atoms with Gasteiger partial charge in [-0.05, 0) is 49.4 Å². The molecule has 18 heavy (non-hydrogen) atoms. The third-order valence-electron chi connectivity index (χ3n) is 4.38.